The molecule has 1 nitrogen and oxygen atoms in total. The molecule has 0 unspecified atom stereocenters. The van der Waals surface area contributed by atoms with Crippen molar-refractivity contribution in [3.8, 4) is 0 Å². The SMILES string of the molecule is C=C/C(F)=C\C(=C)C(=C)/C(F)=C\C(=C)O. The average molecular weight is 210 g/mol. The van der Waals surface area contributed by atoms with Gasteiger partial charge >= 0.3 is 0 Å². The van der Waals surface area contributed by atoms with Gasteiger partial charge < -0.3 is 5.11 Å². The maximum atomic E-state index is 13.2. The molecule has 0 aromatic carbocycles. The van der Waals surface area contributed by atoms with E-state index < -0.39 is 17.4 Å². The second-order valence-electron chi connectivity index (χ2n) is 2.72. The van der Waals surface area contributed by atoms with Crippen molar-refractivity contribution in [1.29, 1.82) is 0 Å². The third kappa shape index (κ3) is 4.76. The van der Waals surface area contributed by atoms with Gasteiger partial charge in [-0.3, -0.25) is 0 Å². The summed E-state index contributed by atoms with van der Waals surface area (Å²) in [5.41, 5.74) is -0.0652. The van der Waals surface area contributed by atoms with Crippen LogP contribution in [0.5, 0.6) is 0 Å². The van der Waals surface area contributed by atoms with Gasteiger partial charge in [-0.15, -0.1) is 0 Å². The van der Waals surface area contributed by atoms with Gasteiger partial charge in [0.15, 0.2) is 0 Å². The van der Waals surface area contributed by atoms with Gasteiger partial charge in [-0.2, -0.15) is 0 Å². The smallest absolute Gasteiger partial charge is 0.134 e. The molecule has 0 aliphatic rings. The summed E-state index contributed by atoms with van der Waals surface area (Å²) in [7, 11) is 0. The molecule has 0 aromatic rings. The van der Waals surface area contributed by atoms with Crippen LogP contribution in [0, 0.1) is 0 Å². The summed E-state index contributed by atoms with van der Waals surface area (Å²) in [6, 6.07) is 0. The zero-order valence-electron chi connectivity index (χ0n) is 8.26. The predicted octanol–water partition coefficient (Wildman–Crippen LogP) is 4.06. The van der Waals surface area contributed by atoms with E-state index in [4.69, 9.17) is 5.11 Å². The fourth-order valence-corrected chi connectivity index (χ4v) is 0.699. The topological polar surface area (TPSA) is 20.2 Å². The van der Waals surface area contributed by atoms with Crippen molar-refractivity contribution < 1.29 is 13.9 Å². The second kappa shape index (κ2) is 5.75. The van der Waals surface area contributed by atoms with E-state index in [0.717, 1.165) is 18.2 Å². The van der Waals surface area contributed by atoms with E-state index in [0.29, 0.717) is 0 Å². The number of allylic oxidation sites excluding steroid dienone is 7. The van der Waals surface area contributed by atoms with Crippen LogP contribution in [0.15, 0.2) is 73.1 Å². The summed E-state index contributed by atoms with van der Waals surface area (Å²) in [6.45, 7) is 13.0. The Balaban J connectivity index is 4.82. The molecular formula is C12H12F2O. The molecule has 0 radical (unpaired) electrons. The molecule has 0 atom stereocenters. The summed E-state index contributed by atoms with van der Waals surface area (Å²) in [6.07, 6.45) is 2.72. The van der Waals surface area contributed by atoms with E-state index in [1.807, 2.05) is 0 Å². The molecule has 3 heteroatoms. The highest BCUT2D eigenvalue weighted by molar-refractivity contribution is 5.48. The standard InChI is InChI=1S/C12H12F2O/c1-5-11(13)6-8(2)10(4)12(14)7-9(3)15/h5-7,15H,1-4H2/b11-6+,12-7+. The molecule has 0 aromatic heterocycles. The van der Waals surface area contributed by atoms with Crippen molar-refractivity contribution in [2.45, 2.75) is 0 Å². The Morgan fingerprint density at radius 1 is 1.07 bits per heavy atom. The largest absolute Gasteiger partial charge is 0.508 e. The molecule has 0 heterocycles. The number of rotatable bonds is 5. The minimum Gasteiger partial charge on any atom is -0.508 e. The molecule has 80 valence electrons. The first-order valence-electron chi connectivity index (χ1n) is 4.01. The first-order valence-corrected chi connectivity index (χ1v) is 4.01. The minimum atomic E-state index is -0.819. The molecule has 0 rings (SSSR count). The number of hydrogen-bond donors (Lipinski definition) is 1. The molecule has 0 aliphatic heterocycles. The van der Waals surface area contributed by atoms with Crippen molar-refractivity contribution >= 4 is 0 Å². The van der Waals surface area contributed by atoms with Crippen molar-refractivity contribution in [1.82, 2.24) is 0 Å². The van der Waals surface area contributed by atoms with Gasteiger partial charge in [-0.05, 0) is 17.7 Å². The van der Waals surface area contributed by atoms with Gasteiger partial charge in [0.1, 0.15) is 17.4 Å². The maximum Gasteiger partial charge on any atom is 0.134 e. The molecule has 0 fully saturated rings. The lowest BCUT2D eigenvalue weighted by molar-refractivity contribution is 0.431. The number of aliphatic hydroxyl groups excluding tert-OH is 1. The van der Waals surface area contributed by atoms with Gasteiger partial charge in [-0.25, -0.2) is 8.78 Å². The third-order valence-corrected chi connectivity index (χ3v) is 1.48. The Labute approximate surface area is 87.7 Å². The lowest BCUT2D eigenvalue weighted by atomic mass is 10.1. The summed E-state index contributed by atoms with van der Waals surface area (Å²) in [5, 5.41) is 8.69. The summed E-state index contributed by atoms with van der Waals surface area (Å²) in [4.78, 5) is 0. The van der Waals surface area contributed by atoms with Crippen molar-refractivity contribution in [2.24, 2.45) is 0 Å². The molecule has 0 saturated heterocycles. The van der Waals surface area contributed by atoms with Crippen LogP contribution in [0.1, 0.15) is 0 Å². The average Bonchev–Trinajstić information content (AvgIpc) is 2.15. The van der Waals surface area contributed by atoms with E-state index in [9.17, 15) is 8.78 Å². The molecular weight excluding hydrogens is 198 g/mol. The number of halogens is 2. The highest BCUT2D eigenvalue weighted by atomic mass is 19.1. The number of aliphatic hydroxyl groups is 1. The zero-order chi connectivity index (χ0) is 12.0. The Bertz CT molecular complexity index is 373. The Kier molecular flexibility index (Phi) is 5.02. The van der Waals surface area contributed by atoms with Crippen molar-refractivity contribution in [2.75, 3.05) is 0 Å². The molecule has 0 saturated carbocycles. The summed E-state index contributed by atoms with van der Waals surface area (Å²) < 4.78 is 25.9. The molecule has 1 N–H and O–H groups in total. The molecule has 0 amide bonds. The van der Waals surface area contributed by atoms with E-state index in [2.05, 4.69) is 26.3 Å². The van der Waals surface area contributed by atoms with Gasteiger partial charge in [0, 0.05) is 11.6 Å². The maximum absolute atomic E-state index is 13.2. The van der Waals surface area contributed by atoms with Gasteiger partial charge in [0.05, 0.1) is 0 Å². The minimum absolute atomic E-state index is 0.0578. The second-order valence-corrected chi connectivity index (χ2v) is 2.72. The van der Waals surface area contributed by atoms with Crippen LogP contribution < -0.4 is 0 Å². The van der Waals surface area contributed by atoms with Crippen LogP contribution in [-0.4, -0.2) is 5.11 Å². The third-order valence-electron chi connectivity index (χ3n) is 1.48. The monoisotopic (exact) mass is 210 g/mol. The number of hydrogen-bond acceptors (Lipinski definition) is 1. The van der Waals surface area contributed by atoms with Crippen molar-refractivity contribution in [3.05, 3.63) is 73.1 Å². The van der Waals surface area contributed by atoms with Gasteiger partial charge in [0.2, 0.25) is 0 Å². The summed E-state index contributed by atoms with van der Waals surface area (Å²) in [5.74, 6) is -1.91. The Morgan fingerprint density at radius 2 is 1.60 bits per heavy atom. The fraction of sp³-hybridized carbons (Fsp3) is 0. The predicted molar refractivity (Wildman–Crippen MR) is 58.6 cm³/mol. The Hall–Kier alpha value is -1.90. The van der Waals surface area contributed by atoms with Crippen LogP contribution in [0.25, 0.3) is 0 Å². The van der Waals surface area contributed by atoms with Crippen molar-refractivity contribution in [3.63, 3.8) is 0 Å². The van der Waals surface area contributed by atoms with E-state index >= 15 is 0 Å². The van der Waals surface area contributed by atoms with Crippen LogP contribution in [0.2, 0.25) is 0 Å². The molecule has 0 aliphatic carbocycles. The van der Waals surface area contributed by atoms with E-state index in [-0.39, 0.29) is 11.1 Å². The molecule has 15 heavy (non-hydrogen) atoms. The van der Waals surface area contributed by atoms with Gasteiger partial charge in [0.25, 0.3) is 0 Å². The Morgan fingerprint density at radius 3 is 2.00 bits per heavy atom. The van der Waals surface area contributed by atoms with E-state index in [1.165, 1.54) is 0 Å². The quantitative estimate of drug-likeness (QED) is 0.535. The highest BCUT2D eigenvalue weighted by Gasteiger charge is 2.05. The molecule has 0 spiro atoms. The molecule has 0 bridgehead atoms. The van der Waals surface area contributed by atoms with Crippen LogP contribution >= 0.6 is 0 Å². The fourth-order valence-electron chi connectivity index (χ4n) is 0.699. The normalized spacial score (nSPS) is 12.1. The van der Waals surface area contributed by atoms with Gasteiger partial charge in [-0.1, -0.05) is 26.3 Å². The first kappa shape index (κ1) is 13.1. The highest BCUT2D eigenvalue weighted by Crippen LogP contribution is 2.20. The summed E-state index contributed by atoms with van der Waals surface area (Å²) >= 11 is 0. The first-order chi connectivity index (χ1) is 6.88. The van der Waals surface area contributed by atoms with E-state index in [1.54, 1.807) is 0 Å². The lowest BCUT2D eigenvalue weighted by Crippen LogP contribution is -1.86. The van der Waals surface area contributed by atoms with Crippen LogP contribution in [-0.2, 0) is 0 Å². The van der Waals surface area contributed by atoms with Crippen LogP contribution in [0.3, 0.4) is 0 Å². The van der Waals surface area contributed by atoms with Crippen LogP contribution in [0.4, 0.5) is 8.78 Å². The lowest BCUT2D eigenvalue weighted by Gasteiger charge is -2.02. The zero-order valence-corrected chi connectivity index (χ0v) is 8.26.